The van der Waals surface area contributed by atoms with Gasteiger partial charge in [-0.05, 0) is 44.0 Å². The first kappa shape index (κ1) is 16.1. The molecule has 5 heteroatoms. The molecule has 1 aliphatic rings. The predicted molar refractivity (Wildman–Crippen MR) is 88.5 cm³/mol. The lowest BCUT2D eigenvalue weighted by Crippen LogP contribution is -2.42. The first-order valence-electron chi connectivity index (χ1n) is 7.52. The van der Waals surface area contributed by atoms with Crippen LogP contribution in [0, 0.1) is 5.92 Å². The maximum atomic E-state index is 12.2. The average Bonchev–Trinajstić information content (AvgIpc) is 2.42. The van der Waals surface area contributed by atoms with Crippen molar-refractivity contribution in [1.29, 1.82) is 0 Å². The number of carbonyl (C=O) groups excluding carboxylic acids is 1. The molecule has 1 aromatic rings. The minimum Gasteiger partial charge on any atom is -0.399 e. The highest BCUT2D eigenvalue weighted by Gasteiger charge is 2.26. The molecule has 0 aromatic heterocycles. The van der Waals surface area contributed by atoms with Crippen molar-refractivity contribution in [3.05, 3.63) is 23.2 Å². The van der Waals surface area contributed by atoms with Crippen LogP contribution in [0.4, 0.5) is 11.4 Å². The quantitative estimate of drug-likeness (QED) is 0.838. The SMILES string of the molecule is CC1CCCCC1N(C)CC(=O)Nc1ccc(N)cc1Cl. The summed E-state index contributed by atoms with van der Waals surface area (Å²) in [7, 11) is 2.02. The van der Waals surface area contributed by atoms with Gasteiger partial charge in [-0.15, -0.1) is 0 Å². The normalized spacial score (nSPS) is 22.3. The number of benzene rings is 1. The molecule has 4 nitrogen and oxygen atoms in total. The Morgan fingerprint density at radius 1 is 1.43 bits per heavy atom. The first-order valence-corrected chi connectivity index (χ1v) is 7.90. The fraction of sp³-hybridized carbons (Fsp3) is 0.562. The van der Waals surface area contributed by atoms with Crippen molar-refractivity contribution < 1.29 is 4.79 Å². The minimum absolute atomic E-state index is 0.0399. The minimum atomic E-state index is -0.0399. The van der Waals surface area contributed by atoms with E-state index >= 15 is 0 Å². The van der Waals surface area contributed by atoms with Gasteiger partial charge in [-0.2, -0.15) is 0 Å². The number of anilines is 2. The maximum absolute atomic E-state index is 12.2. The molecule has 1 aromatic carbocycles. The van der Waals surface area contributed by atoms with E-state index < -0.39 is 0 Å². The summed E-state index contributed by atoms with van der Waals surface area (Å²) in [5, 5.41) is 3.32. The second kappa shape index (κ2) is 7.14. The molecule has 1 amide bonds. The van der Waals surface area contributed by atoms with E-state index in [0.29, 0.717) is 34.9 Å². The Morgan fingerprint density at radius 2 is 2.14 bits per heavy atom. The number of carbonyl (C=O) groups is 1. The molecule has 116 valence electrons. The number of amides is 1. The molecule has 0 spiro atoms. The first-order chi connectivity index (χ1) is 9.97. The van der Waals surface area contributed by atoms with E-state index in [-0.39, 0.29) is 5.91 Å². The van der Waals surface area contributed by atoms with Gasteiger partial charge in [0, 0.05) is 11.7 Å². The van der Waals surface area contributed by atoms with Gasteiger partial charge in [0.05, 0.1) is 17.3 Å². The summed E-state index contributed by atoms with van der Waals surface area (Å²) in [5.74, 6) is 0.610. The lowest BCUT2D eigenvalue weighted by molar-refractivity contribution is -0.117. The molecule has 1 saturated carbocycles. The zero-order chi connectivity index (χ0) is 15.4. The van der Waals surface area contributed by atoms with Gasteiger partial charge in [-0.3, -0.25) is 9.69 Å². The van der Waals surface area contributed by atoms with Gasteiger partial charge in [0.1, 0.15) is 0 Å². The summed E-state index contributed by atoms with van der Waals surface area (Å²) in [6.07, 6.45) is 4.98. The Bertz CT molecular complexity index is 506. The largest absolute Gasteiger partial charge is 0.399 e. The molecule has 2 atom stereocenters. The van der Waals surface area contributed by atoms with E-state index in [4.69, 9.17) is 17.3 Å². The van der Waals surface area contributed by atoms with Gasteiger partial charge >= 0.3 is 0 Å². The Hall–Kier alpha value is -1.26. The lowest BCUT2D eigenvalue weighted by atomic mass is 9.85. The van der Waals surface area contributed by atoms with Gasteiger partial charge in [-0.1, -0.05) is 31.4 Å². The monoisotopic (exact) mass is 309 g/mol. The van der Waals surface area contributed by atoms with Gasteiger partial charge in [-0.25, -0.2) is 0 Å². The highest BCUT2D eigenvalue weighted by molar-refractivity contribution is 6.34. The smallest absolute Gasteiger partial charge is 0.238 e. The van der Waals surface area contributed by atoms with E-state index in [0.717, 1.165) is 0 Å². The van der Waals surface area contributed by atoms with Crippen LogP contribution in [-0.4, -0.2) is 30.4 Å². The molecule has 1 fully saturated rings. The summed E-state index contributed by atoms with van der Waals surface area (Å²) in [4.78, 5) is 14.3. The number of nitrogens with zero attached hydrogens (tertiary/aromatic N) is 1. The van der Waals surface area contributed by atoms with Crippen LogP contribution >= 0.6 is 11.6 Å². The van der Waals surface area contributed by atoms with E-state index in [2.05, 4.69) is 17.1 Å². The van der Waals surface area contributed by atoms with Crippen molar-refractivity contribution in [3.63, 3.8) is 0 Å². The number of halogens is 1. The Labute approximate surface area is 131 Å². The molecule has 0 bridgehead atoms. The summed E-state index contributed by atoms with van der Waals surface area (Å²) < 4.78 is 0. The third-order valence-corrected chi connectivity index (χ3v) is 4.61. The summed E-state index contributed by atoms with van der Waals surface area (Å²) >= 11 is 6.07. The highest BCUT2D eigenvalue weighted by Crippen LogP contribution is 2.27. The summed E-state index contributed by atoms with van der Waals surface area (Å²) in [5.41, 5.74) is 6.85. The van der Waals surface area contributed by atoms with Crippen molar-refractivity contribution in [1.82, 2.24) is 4.90 Å². The molecular formula is C16H24ClN3O. The van der Waals surface area contributed by atoms with Crippen LogP contribution in [0.15, 0.2) is 18.2 Å². The van der Waals surface area contributed by atoms with Gasteiger partial charge < -0.3 is 11.1 Å². The number of nitrogens with two attached hydrogens (primary N) is 1. The second-order valence-electron chi connectivity index (χ2n) is 6.03. The Balaban J connectivity index is 1.91. The molecule has 0 aliphatic heterocycles. The average molecular weight is 310 g/mol. The fourth-order valence-electron chi connectivity index (χ4n) is 3.12. The third-order valence-electron chi connectivity index (χ3n) is 4.29. The van der Waals surface area contributed by atoms with Crippen LogP contribution < -0.4 is 11.1 Å². The van der Waals surface area contributed by atoms with Crippen LogP contribution in [0.2, 0.25) is 5.02 Å². The van der Waals surface area contributed by atoms with Gasteiger partial charge in [0.25, 0.3) is 0 Å². The number of rotatable bonds is 4. The standard InChI is InChI=1S/C16H24ClN3O/c1-11-5-3-4-6-15(11)20(2)10-16(21)19-14-8-7-12(18)9-13(14)17/h7-9,11,15H,3-6,10,18H2,1-2H3,(H,19,21). The van der Waals surface area contributed by atoms with Crippen LogP contribution in [0.25, 0.3) is 0 Å². The Morgan fingerprint density at radius 3 is 2.81 bits per heavy atom. The van der Waals surface area contributed by atoms with E-state index in [1.165, 1.54) is 25.7 Å². The molecule has 0 saturated heterocycles. The lowest BCUT2D eigenvalue weighted by Gasteiger charge is -2.35. The molecule has 21 heavy (non-hydrogen) atoms. The molecule has 0 heterocycles. The van der Waals surface area contributed by atoms with Crippen molar-refractivity contribution in [3.8, 4) is 0 Å². The highest BCUT2D eigenvalue weighted by atomic mass is 35.5. The van der Waals surface area contributed by atoms with Crippen molar-refractivity contribution in [2.45, 2.75) is 38.6 Å². The molecule has 2 unspecified atom stereocenters. The zero-order valence-corrected chi connectivity index (χ0v) is 13.5. The number of hydrogen-bond acceptors (Lipinski definition) is 3. The van der Waals surface area contributed by atoms with Gasteiger partial charge in [0.15, 0.2) is 0 Å². The molecule has 0 radical (unpaired) electrons. The molecule has 2 rings (SSSR count). The van der Waals surface area contributed by atoms with Crippen molar-refractivity contribution in [2.75, 3.05) is 24.6 Å². The summed E-state index contributed by atoms with van der Waals surface area (Å²) in [6, 6.07) is 5.60. The van der Waals surface area contributed by atoms with E-state index in [1.807, 2.05) is 7.05 Å². The second-order valence-corrected chi connectivity index (χ2v) is 6.44. The number of nitrogens with one attached hydrogen (secondary N) is 1. The van der Waals surface area contributed by atoms with Crippen LogP contribution in [0.1, 0.15) is 32.6 Å². The predicted octanol–water partition coefficient (Wildman–Crippen LogP) is 3.37. The third kappa shape index (κ3) is 4.35. The van der Waals surface area contributed by atoms with Crippen LogP contribution in [0.3, 0.4) is 0 Å². The topological polar surface area (TPSA) is 58.4 Å². The van der Waals surface area contributed by atoms with Crippen LogP contribution in [0.5, 0.6) is 0 Å². The zero-order valence-electron chi connectivity index (χ0n) is 12.7. The summed E-state index contributed by atoms with van der Waals surface area (Å²) in [6.45, 7) is 2.66. The van der Waals surface area contributed by atoms with Crippen molar-refractivity contribution >= 4 is 28.9 Å². The molecule has 3 N–H and O–H groups in total. The number of nitrogen functional groups attached to an aromatic ring is 1. The Kier molecular flexibility index (Phi) is 5.48. The van der Waals surface area contributed by atoms with Crippen molar-refractivity contribution in [2.24, 2.45) is 5.92 Å². The van der Waals surface area contributed by atoms with E-state index in [1.54, 1.807) is 18.2 Å². The molecule has 1 aliphatic carbocycles. The number of likely N-dealkylation sites (N-methyl/N-ethyl adjacent to an activating group) is 1. The van der Waals surface area contributed by atoms with Crippen LogP contribution in [-0.2, 0) is 4.79 Å². The molecular weight excluding hydrogens is 286 g/mol. The van der Waals surface area contributed by atoms with Gasteiger partial charge in [0.2, 0.25) is 5.91 Å². The van der Waals surface area contributed by atoms with E-state index in [9.17, 15) is 4.79 Å². The fourth-order valence-corrected chi connectivity index (χ4v) is 3.35. The maximum Gasteiger partial charge on any atom is 0.238 e. The number of hydrogen-bond donors (Lipinski definition) is 2.